The van der Waals surface area contributed by atoms with Crippen LogP contribution in [0.5, 0.6) is 0 Å². The number of piperazine rings is 1. The Labute approximate surface area is 191 Å². The fourth-order valence-corrected chi connectivity index (χ4v) is 4.99. The van der Waals surface area contributed by atoms with Gasteiger partial charge in [-0.1, -0.05) is 6.07 Å². The van der Waals surface area contributed by atoms with Crippen molar-refractivity contribution in [2.45, 2.75) is 0 Å². The number of carbonyl (C=O) groups is 3. The quantitative estimate of drug-likeness (QED) is 0.545. The molecule has 0 aliphatic carbocycles. The van der Waals surface area contributed by atoms with Gasteiger partial charge in [0.05, 0.1) is 28.9 Å². The summed E-state index contributed by atoms with van der Waals surface area (Å²) in [5.74, 6) is -0.909. The van der Waals surface area contributed by atoms with Crippen LogP contribution in [0.4, 0.5) is 16.2 Å². The van der Waals surface area contributed by atoms with Crippen molar-refractivity contribution >= 4 is 52.0 Å². The second-order valence-corrected chi connectivity index (χ2v) is 8.76. The molecule has 1 fully saturated rings. The van der Waals surface area contributed by atoms with Gasteiger partial charge in [0.1, 0.15) is 10.7 Å². The highest BCUT2D eigenvalue weighted by Crippen LogP contribution is 2.31. The number of nitrogens with one attached hydrogen (secondary N) is 1. The molecule has 1 aliphatic heterocycles. The molecule has 32 heavy (non-hydrogen) atoms. The van der Waals surface area contributed by atoms with E-state index in [1.165, 1.54) is 23.3 Å². The number of benzene rings is 1. The standard InChI is InChI=1S/C21H20N4O5S2/c1-30-20(27)13-4-5-16(24-6-8-25(9-7-24)21(28)29)14(11-13)22-18(26)15-12-32-19(23-15)17-3-2-10-31-17/h2-5,10-12H,6-9H2,1H3,(H,22,26)(H,28,29). The lowest BCUT2D eigenvalue weighted by Gasteiger charge is -2.35. The van der Waals surface area contributed by atoms with E-state index in [1.54, 1.807) is 34.9 Å². The van der Waals surface area contributed by atoms with Crippen molar-refractivity contribution in [3.63, 3.8) is 0 Å². The van der Waals surface area contributed by atoms with E-state index in [0.29, 0.717) is 43.1 Å². The molecule has 0 radical (unpaired) electrons. The first-order valence-electron chi connectivity index (χ1n) is 9.72. The van der Waals surface area contributed by atoms with Crippen LogP contribution in [0, 0.1) is 0 Å². The van der Waals surface area contributed by atoms with E-state index in [-0.39, 0.29) is 5.69 Å². The van der Waals surface area contributed by atoms with E-state index in [1.807, 2.05) is 22.4 Å². The van der Waals surface area contributed by atoms with Gasteiger partial charge in [0, 0.05) is 31.6 Å². The Morgan fingerprint density at radius 2 is 1.91 bits per heavy atom. The Kier molecular flexibility index (Phi) is 6.37. The van der Waals surface area contributed by atoms with Crippen LogP contribution in [0.25, 0.3) is 9.88 Å². The van der Waals surface area contributed by atoms with Crippen LogP contribution in [-0.2, 0) is 4.74 Å². The summed E-state index contributed by atoms with van der Waals surface area (Å²) in [4.78, 5) is 44.9. The smallest absolute Gasteiger partial charge is 0.407 e. The summed E-state index contributed by atoms with van der Waals surface area (Å²) >= 11 is 2.93. The Balaban J connectivity index is 1.58. The summed E-state index contributed by atoms with van der Waals surface area (Å²) in [6, 6.07) is 8.79. The van der Waals surface area contributed by atoms with Gasteiger partial charge in [-0.3, -0.25) is 4.79 Å². The van der Waals surface area contributed by atoms with Gasteiger partial charge in [-0.05, 0) is 29.6 Å². The minimum atomic E-state index is -0.954. The molecule has 3 aromatic rings. The average Bonchev–Trinajstić information content (AvgIpc) is 3.50. The first-order chi connectivity index (χ1) is 15.5. The molecular formula is C21H20N4O5S2. The molecule has 1 aliphatic rings. The van der Waals surface area contributed by atoms with Crippen molar-refractivity contribution in [1.82, 2.24) is 9.88 Å². The van der Waals surface area contributed by atoms with Crippen LogP contribution >= 0.6 is 22.7 Å². The first kappa shape index (κ1) is 21.8. The third-order valence-electron chi connectivity index (χ3n) is 5.03. The fraction of sp³-hybridized carbons (Fsp3) is 0.238. The van der Waals surface area contributed by atoms with E-state index in [9.17, 15) is 19.5 Å². The predicted octanol–water partition coefficient (Wildman–Crippen LogP) is 3.71. The van der Waals surface area contributed by atoms with Crippen molar-refractivity contribution in [3.05, 3.63) is 52.3 Å². The summed E-state index contributed by atoms with van der Waals surface area (Å²) in [6.07, 6.45) is -0.954. The Morgan fingerprint density at radius 3 is 2.56 bits per heavy atom. The van der Waals surface area contributed by atoms with Crippen molar-refractivity contribution in [3.8, 4) is 9.88 Å². The zero-order valence-corrected chi connectivity index (χ0v) is 18.7. The lowest BCUT2D eigenvalue weighted by atomic mass is 10.1. The molecule has 0 unspecified atom stereocenters. The molecule has 0 saturated carbocycles. The number of nitrogens with zero attached hydrogens (tertiary/aromatic N) is 3. The number of amides is 2. The van der Waals surface area contributed by atoms with Gasteiger partial charge in [0.15, 0.2) is 0 Å². The van der Waals surface area contributed by atoms with Crippen molar-refractivity contribution in [2.24, 2.45) is 0 Å². The maximum absolute atomic E-state index is 12.9. The monoisotopic (exact) mass is 472 g/mol. The SMILES string of the molecule is COC(=O)c1ccc(N2CCN(C(=O)O)CC2)c(NC(=O)c2csc(-c3cccs3)n2)c1. The number of thiazole rings is 1. The summed E-state index contributed by atoms with van der Waals surface area (Å²) < 4.78 is 4.80. The first-order valence-corrected chi connectivity index (χ1v) is 11.5. The molecule has 3 heterocycles. The largest absolute Gasteiger partial charge is 0.465 e. The number of thiophene rings is 1. The molecule has 0 spiro atoms. The van der Waals surface area contributed by atoms with Crippen LogP contribution in [-0.4, -0.2) is 66.2 Å². The van der Waals surface area contributed by atoms with Gasteiger partial charge in [-0.2, -0.15) is 0 Å². The lowest BCUT2D eigenvalue weighted by Crippen LogP contribution is -2.48. The van der Waals surface area contributed by atoms with Gasteiger partial charge in [-0.25, -0.2) is 14.6 Å². The number of hydrogen-bond donors (Lipinski definition) is 2. The fourth-order valence-electron chi connectivity index (χ4n) is 3.37. The van der Waals surface area contributed by atoms with Crippen LogP contribution in [0.3, 0.4) is 0 Å². The Hall–Kier alpha value is -3.44. The molecular weight excluding hydrogens is 452 g/mol. The molecule has 166 valence electrons. The van der Waals surface area contributed by atoms with E-state index in [0.717, 1.165) is 9.88 Å². The molecule has 4 rings (SSSR count). The van der Waals surface area contributed by atoms with Gasteiger partial charge < -0.3 is 25.0 Å². The van der Waals surface area contributed by atoms with Crippen LogP contribution in [0.15, 0.2) is 41.1 Å². The van der Waals surface area contributed by atoms with Crippen LogP contribution in [0.2, 0.25) is 0 Å². The average molecular weight is 473 g/mol. The van der Waals surface area contributed by atoms with E-state index < -0.39 is 18.0 Å². The number of rotatable bonds is 5. The van der Waals surface area contributed by atoms with Crippen LogP contribution < -0.4 is 10.2 Å². The highest BCUT2D eigenvalue weighted by atomic mass is 32.1. The Bertz CT molecular complexity index is 1140. The van der Waals surface area contributed by atoms with Crippen molar-refractivity contribution < 1.29 is 24.2 Å². The van der Waals surface area contributed by atoms with Crippen molar-refractivity contribution in [2.75, 3.05) is 43.5 Å². The number of methoxy groups -OCH3 is 1. The minimum absolute atomic E-state index is 0.281. The third-order valence-corrected chi connectivity index (χ3v) is 6.91. The molecule has 1 aromatic carbocycles. The van der Waals surface area contributed by atoms with Gasteiger partial charge in [0.2, 0.25) is 0 Å². The zero-order valence-electron chi connectivity index (χ0n) is 17.1. The maximum Gasteiger partial charge on any atom is 0.407 e. The number of ether oxygens (including phenoxy) is 1. The summed E-state index contributed by atoms with van der Waals surface area (Å²) in [7, 11) is 1.29. The molecule has 2 aromatic heterocycles. The molecule has 2 N–H and O–H groups in total. The predicted molar refractivity (Wildman–Crippen MR) is 123 cm³/mol. The second kappa shape index (κ2) is 9.37. The number of aromatic nitrogens is 1. The molecule has 2 amide bonds. The maximum atomic E-state index is 12.9. The lowest BCUT2D eigenvalue weighted by molar-refractivity contribution is 0.0600. The van der Waals surface area contributed by atoms with Crippen LogP contribution in [0.1, 0.15) is 20.8 Å². The number of esters is 1. The molecule has 0 bridgehead atoms. The minimum Gasteiger partial charge on any atom is -0.465 e. The normalized spacial score (nSPS) is 13.7. The summed E-state index contributed by atoms with van der Waals surface area (Å²) in [5.41, 5.74) is 1.72. The van der Waals surface area contributed by atoms with Gasteiger partial charge >= 0.3 is 12.1 Å². The summed E-state index contributed by atoms with van der Waals surface area (Å²) in [6.45, 7) is 1.62. The topological polar surface area (TPSA) is 112 Å². The third kappa shape index (κ3) is 4.58. The molecule has 0 atom stereocenters. The zero-order chi connectivity index (χ0) is 22.7. The van der Waals surface area contributed by atoms with E-state index >= 15 is 0 Å². The highest BCUT2D eigenvalue weighted by Gasteiger charge is 2.24. The molecule has 9 nitrogen and oxygen atoms in total. The number of carbonyl (C=O) groups excluding carboxylic acids is 2. The van der Waals surface area contributed by atoms with E-state index in [4.69, 9.17) is 4.74 Å². The molecule has 11 heteroatoms. The van der Waals surface area contributed by atoms with Gasteiger partial charge in [-0.15, -0.1) is 22.7 Å². The molecule has 1 saturated heterocycles. The van der Waals surface area contributed by atoms with E-state index in [2.05, 4.69) is 10.3 Å². The highest BCUT2D eigenvalue weighted by molar-refractivity contribution is 7.20. The number of carboxylic acid groups (broad SMARTS) is 1. The summed E-state index contributed by atoms with van der Waals surface area (Å²) in [5, 5.41) is 16.5. The second-order valence-electron chi connectivity index (χ2n) is 6.95. The van der Waals surface area contributed by atoms with Crippen molar-refractivity contribution in [1.29, 1.82) is 0 Å². The van der Waals surface area contributed by atoms with Gasteiger partial charge in [0.25, 0.3) is 5.91 Å². The number of anilines is 2. The Morgan fingerprint density at radius 1 is 1.12 bits per heavy atom. The number of hydrogen-bond acceptors (Lipinski definition) is 8.